The second kappa shape index (κ2) is 8.68. The van der Waals surface area contributed by atoms with Gasteiger partial charge in [0.25, 0.3) is 0 Å². The van der Waals surface area contributed by atoms with Gasteiger partial charge < -0.3 is 19.1 Å². The van der Waals surface area contributed by atoms with Gasteiger partial charge >= 0.3 is 0 Å². The summed E-state index contributed by atoms with van der Waals surface area (Å²) >= 11 is 0. The zero-order valence-corrected chi connectivity index (χ0v) is 17.0. The molecule has 1 saturated heterocycles. The number of nitriles is 1. The van der Waals surface area contributed by atoms with E-state index in [1.54, 1.807) is 14.2 Å². The second-order valence-electron chi connectivity index (χ2n) is 7.32. The zero-order chi connectivity index (χ0) is 20.2. The molecule has 7 nitrogen and oxygen atoms in total. The zero-order valence-electron chi connectivity index (χ0n) is 17.0. The van der Waals surface area contributed by atoms with Crippen LogP contribution in [0.15, 0.2) is 24.3 Å². The summed E-state index contributed by atoms with van der Waals surface area (Å²) in [4.78, 5) is 9.46. The van der Waals surface area contributed by atoms with Crippen LogP contribution < -0.4 is 14.4 Å². The molecule has 0 unspecified atom stereocenters. The van der Waals surface area contributed by atoms with E-state index < -0.39 is 0 Å². The number of methoxy groups -OCH3 is 2. The fraction of sp³-hybridized carbons (Fsp3) is 0.455. The fourth-order valence-corrected chi connectivity index (χ4v) is 3.96. The number of rotatable bonds is 5. The summed E-state index contributed by atoms with van der Waals surface area (Å²) in [6.07, 6.45) is 0.809. The van der Waals surface area contributed by atoms with Crippen molar-refractivity contribution in [1.29, 1.82) is 5.26 Å². The van der Waals surface area contributed by atoms with Crippen LogP contribution in [0, 0.1) is 11.3 Å². The Bertz CT molecular complexity index is 917. The quantitative estimate of drug-likeness (QED) is 0.771. The third-order valence-electron chi connectivity index (χ3n) is 5.59. The molecule has 2 aromatic rings. The number of pyridine rings is 1. The largest absolute Gasteiger partial charge is 0.497 e. The Morgan fingerprint density at radius 2 is 1.97 bits per heavy atom. The van der Waals surface area contributed by atoms with Crippen LogP contribution in [0.3, 0.4) is 0 Å². The molecular formula is C22H26N4O3. The Balaban J connectivity index is 1.46. The van der Waals surface area contributed by atoms with E-state index in [4.69, 9.17) is 19.2 Å². The maximum Gasteiger partial charge on any atom is 0.146 e. The number of benzene rings is 1. The lowest BCUT2D eigenvalue weighted by atomic mass is 10.1. The molecule has 0 atom stereocenters. The molecule has 1 fully saturated rings. The minimum Gasteiger partial charge on any atom is -0.497 e. The van der Waals surface area contributed by atoms with E-state index >= 15 is 0 Å². The summed E-state index contributed by atoms with van der Waals surface area (Å²) in [5, 5.41) is 9.61. The van der Waals surface area contributed by atoms with Gasteiger partial charge in [0.1, 0.15) is 23.4 Å². The molecule has 3 heterocycles. The van der Waals surface area contributed by atoms with Gasteiger partial charge in [-0.15, -0.1) is 0 Å². The van der Waals surface area contributed by atoms with Crippen LogP contribution in [0.2, 0.25) is 0 Å². The lowest BCUT2D eigenvalue weighted by Gasteiger charge is -2.36. The maximum atomic E-state index is 9.61. The Hall–Kier alpha value is -2.82. The third-order valence-corrected chi connectivity index (χ3v) is 5.59. The average molecular weight is 394 g/mol. The molecule has 1 aromatic carbocycles. The van der Waals surface area contributed by atoms with E-state index in [-0.39, 0.29) is 0 Å². The van der Waals surface area contributed by atoms with E-state index in [0.717, 1.165) is 73.3 Å². The first-order valence-electron chi connectivity index (χ1n) is 9.90. The minimum absolute atomic E-state index is 0.549. The van der Waals surface area contributed by atoms with Crippen molar-refractivity contribution in [2.24, 2.45) is 0 Å². The molecule has 0 aliphatic carbocycles. The van der Waals surface area contributed by atoms with E-state index in [1.165, 1.54) is 0 Å². The molecule has 152 valence electrons. The van der Waals surface area contributed by atoms with Crippen molar-refractivity contribution < 1.29 is 14.2 Å². The van der Waals surface area contributed by atoms with E-state index in [1.807, 2.05) is 24.3 Å². The molecule has 7 heteroatoms. The number of fused-ring (bicyclic) bond motifs is 1. The standard InChI is InChI=1S/C22H26N4O3/c1-27-19-3-4-21(28-2)17(12-19)14-25-6-8-26(9-7-25)22-16(13-23)11-18-15-29-10-5-20(18)24-22/h3-4,11-12H,5-10,14-15H2,1-2H3. The van der Waals surface area contributed by atoms with E-state index in [0.29, 0.717) is 18.8 Å². The van der Waals surface area contributed by atoms with Gasteiger partial charge in [-0.1, -0.05) is 0 Å². The van der Waals surface area contributed by atoms with Crippen LogP contribution in [0.1, 0.15) is 22.4 Å². The summed E-state index contributed by atoms with van der Waals surface area (Å²) < 4.78 is 16.4. The molecule has 0 spiro atoms. The fourth-order valence-electron chi connectivity index (χ4n) is 3.96. The number of hydrogen-bond acceptors (Lipinski definition) is 7. The van der Waals surface area contributed by atoms with Crippen molar-refractivity contribution in [3.05, 3.63) is 46.6 Å². The van der Waals surface area contributed by atoms with E-state index in [9.17, 15) is 5.26 Å². The molecular weight excluding hydrogens is 368 g/mol. The van der Waals surface area contributed by atoms with Crippen LogP contribution in [0.25, 0.3) is 0 Å². The molecule has 0 bridgehead atoms. The summed E-state index contributed by atoms with van der Waals surface area (Å²) in [6.45, 7) is 5.51. The van der Waals surface area contributed by atoms with Crippen molar-refractivity contribution >= 4 is 5.82 Å². The molecule has 0 saturated carbocycles. The number of anilines is 1. The van der Waals surface area contributed by atoms with Crippen LogP contribution in [0.5, 0.6) is 11.5 Å². The Kier molecular flexibility index (Phi) is 5.84. The van der Waals surface area contributed by atoms with Gasteiger partial charge in [-0.25, -0.2) is 4.98 Å². The van der Waals surface area contributed by atoms with Gasteiger partial charge in [-0.05, 0) is 24.3 Å². The highest BCUT2D eigenvalue weighted by atomic mass is 16.5. The van der Waals surface area contributed by atoms with Crippen molar-refractivity contribution in [2.45, 2.75) is 19.6 Å². The van der Waals surface area contributed by atoms with Crippen LogP contribution in [0.4, 0.5) is 5.82 Å². The molecule has 2 aliphatic heterocycles. The van der Waals surface area contributed by atoms with Gasteiger partial charge in [0.05, 0.1) is 38.7 Å². The SMILES string of the molecule is COc1ccc(OC)c(CN2CCN(c3nc4c(cc3C#N)COCC4)CC2)c1. The lowest BCUT2D eigenvalue weighted by molar-refractivity contribution is 0.109. The highest BCUT2D eigenvalue weighted by Gasteiger charge is 2.24. The Morgan fingerprint density at radius 1 is 1.14 bits per heavy atom. The molecule has 2 aliphatic rings. The normalized spacial score (nSPS) is 16.8. The second-order valence-corrected chi connectivity index (χ2v) is 7.32. The topological polar surface area (TPSA) is 70.9 Å². The van der Waals surface area contributed by atoms with Gasteiger partial charge in [-0.3, -0.25) is 4.90 Å². The number of piperazine rings is 1. The monoisotopic (exact) mass is 394 g/mol. The van der Waals surface area contributed by atoms with Gasteiger partial charge in [0.15, 0.2) is 0 Å². The Labute approximate surface area is 171 Å². The molecule has 0 amide bonds. The predicted molar refractivity (Wildman–Crippen MR) is 109 cm³/mol. The highest BCUT2D eigenvalue weighted by molar-refractivity contribution is 5.56. The van der Waals surface area contributed by atoms with E-state index in [2.05, 4.69) is 15.9 Å². The van der Waals surface area contributed by atoms with Crippen molar-refractivity contribution in [2.75, 3.05) is 51.9 Å². The first-order valence-corrected chi connectivity index (χ1v) is 9.90. The third kappa shape index (κ3) is 4.14. The summed E-state index contributed by atoms with van der Waals surface area (Å²) in [6, 6.07) is 10.2. The number of hydrogen-bond donors (Lipinski definition) is 0. The molecule has 0 N–H and O–H groups in total. The highest BCUT2D eigenvalue weighted by Crippen LogP contribution is 2.28. The summed E-state index contributed by atoms with van der Waals surface area (Å²) in [5.41, 5.74) is 3.86. The first kappa shape index (κ1) is 19.5. The Morgan fingerprint density at radius 3 is 2.69 bits per heavy atom. The molecule has 1 aromatic heterocycles. The van der Waals surface area contributed by atoms with Gasteiger partial charge in [-0.2, -0.15) is 5.26 Å². The van der Waals surface area contributed by atoms with Crippen LogP contribution in [-0.4, -0.2) is 56.9 Å². The summed E-state index contributed by atoms with van der Waals surface area (Å²) in [5.74, 6) is 2.52. The molecule has 4 rings (SSSR count). The first-order chi connectivity index (χ1) is 14.2. The number of nitrogens with zero attached hydrogens (tertiary/aromatic N) is 4. The smallest absolute Gasteiger partial charge is 0.146 e. The van der Waals surface area contributed by atoms with Crippen molar-refractivity contribution in [3.63, 3.8) is 0 Å². The lowest BCUT2D eigenvalue weighted by Crippen LogP contribution is -2.46. The molecule has 0 radical (unpaired) electrons. The minimum atomic E-state index is 0.549. The van der Waals surface area contributed by atoms with Crippen molar-refractivity contribution in [3.8, 4) is 17.6 Å². The van der Waals surface area contributed by atoms with Gasteiger partial charge in [0, 0.05) is 50.3 Å². The van der Waals surface area contributed by atoms with Gasteiger partial charge in [0.2, 0.25) is 0 Å². The van der Waals surface area contributed by atoms with Crippen molar-refractivity contribution in [1.82, 2.24) is 9.88 Å². The summed E-state index contributed by atoms with van der Waals surface area (Å²) in [7, 11) is 3.37. The number of aromatic nitrogens is 1. The van der Waals surface area contributed by atoms with Crippen LogP contribution >= 0.6 is 0 Å². The maximum absolute atomic E-state index is 9.61. The number of ether oxygens (including phenoxy) is 3. The average Bonchev–Trinajstić information content (AvgIpc) is 2.78. The predicted octanol–water partition coefficient (Wildman–Crippen LogP) is 2.37. The van der Waals surface area contributed by atoms with Crippen LogP contribution in [-0.2, 0) is 24.3 Å². The molecule has 29 heavy (non-hydrogen) atoms.